The number of nitrogens with zero attached hydrogens (tertiary/aromatic N) is 1. The predicted octanol–water partition coefficient (Wildman–Crippen LogP) is 0.898. The van der Waals surface area contributed by atoms with Crippen molar-refractivity contribution >= 4 is 11.6 Å². The van der Waals surface area contributed by atoms with Crippen molar-refractivity contribution in [3.05, 3.63) is 11.4 Å². The van der Waals surface area contributed by atoms with E-state index >= 15 is 0 Å². The minimum Gasteiger partial charge on any atom is -0.379 e. The number of rotatable bonds is 3. The zero-order valence-corrected chi connectivity index (χ0v) is 8.93. The molecule has 0 spiro atoms. The number of nitrogens with one attached hydrogen (secondary N) is 3. The number of aromatic nitrogens is 2. The highest BCUT2D eigenvalue weighted by atomic mass is 16.1. The molecule has 0 saturated carbocycles. The zero-order valence-electron chi connectivity index (χ0n) is 8.93. The van der Waals surface area contributed by atoms with Crippen LogP contribution in [0, 0.1) is 6.92 Å². The standard InChI is InChI=1S/C9H16N4O/c1-5(2)11-7-6(3)12-13-8(7)9(14)10-4/h5,11H,1-4H3,(H,10,14)(H,12,13). The summed E-state index contributed by atoms with van der Waals surface area (Å²) in [7, 11) is 1.59. The highest BCUT2D eigenvalue weighted by Crippen LogP contribution is 2.17. The first-order valence-electron chi connectivity index (χ1n) is 4.59. The molecular weight excluding hydrogens is 180 g/mol. The van der Waals surface area contributed by atoms with Crippen LogP contribution in [0.1, 0.15) is 30.0 Å². The fourth-order valence-electron chi connectivity index (χ4n) is 1.18. The van der Waals surface area contributed by atoms with Crippen molar-refractivity contribution < 1.29 is 4.79 Å². The third kappa shape index (κ3) is 2.04. The largest absolute Gasteiger partial charge is 0.379 e. The van der Waals surface area contributed by atoms with E-state index in [-0.39, 0.29) is 11.9 Å². The molecule has 14 heavy (non-hydrogen) atoms. The Hall–Kier alpha value is -1.52. The lowest BCUT2D eigenvalue weighted by atomic mass is 10.2. The second-order valence-corrected chi connectivity index (χ2v) is 3.45. The Bertz CT molecular complexity index is 330. The summed E-state index contributed by atoms with van der Waals surface area (Å²) in [5.74, 6) is -0.183. The van der Waals surface area contributed by atoms with Crippen LogP contribution >= 0.6 is 0 Å². The van der Waals surface area contributed by atoms with E-state index < -0.39 is 0 Å². The second kappa shape index (κ2) is 4.13. The Balaban J connectivity index is 2.99. The summed E-state index contributed by atoms with van der Waals surface area (Å²) >= 11 is 0. The summed E-state index contributed by atoms with van der Waals surface area (Å²) in [4.78, 5) is 11.4. The van der Waals surface area contributed by atoms with Crippen molar-refractivity contribution in [2.24, 2.45) is 0 Å². The fourth-order valence-corrected chi connectivity index (χ4v) is 1.18. The molecule has 0 unspecified atom stereocenters. The molecule has 5 nitrogen and oxygen atoms in total. The number of hydrogen-bond donors (Lipinski definition) is 3. The lowest BCUT2D eigenvalue weighted by Gasteiger charge is -2.10. The SMILES string of the molecule is CNC(=O)c1n[nH]c(C)c1NC(C)C. The van der Waals surface area contributed by atoms with Crippen LogP contribution in [0.4, 0.5) is 5.69 Å². The third-order valence-corrected chi connectivity index (χ3v) is 1.82. The number of carbonyl (C=O) groups excluding carboxylic acids is 1. The first kappa shape index (κ1) is 10.6. The number of aromatic amines is 1. The molecule has 0 aliphatic heterocycles. The quantitative estimate of drug-likeness (QED) is 0.672. The van der Waals surface area contributed by atoms with Crippen LogP contribution in [0.15, 0.2) is 0 Å². The summed E-state index contributed by atoms with van der Waals surface area (Å²) in [6.45, 7) is 5.91. The maximum Gasteiger partial charge on any atom is 0.273 e. The number of aryl methyl sites for hydroxylation is 1. The van der Waals surface area contributed by atoms with Gasteiger partial charge in [-0.1, -0.05) is 0 Å². The molecule has 1 rings (SSSR count). The summed E-state index contributed by atoms with van der Waals surface area (Å²) < 4.78 is 0. The van der Waals surface area contributed by atoms with Crippen LogP contribution < -0.4 is 10.6 Å². The van der Waals surface area contributed by atoms with Crippen LogP contribution in [-0.2, 0) is 0 Å². The normalized spacial score (nSPS) is 10.4. The summed E-state index contributed by atoms with van der Waals surface area (Å²) in [6, 6.07) is 0.273. The van der Waals surface area contributed by atoms with Gasteiger partial charge < -0.3 is 10.6 Å². The van der Waals surface area contributed by atoms with E-state index in [9.17, 15) is 4.79 Å². The van der Waals surface area contributed by atoms with E-state index in [1.807, 2.05) is 20.8 Å². The van der Waals surface area contributed by atoms with Gasteiger partial charge in [-0.25, -0.2) is 0 Å². The van der Waals surface area contributed by atoms with Gasteiger partial charge in [0, 0.05) is 13.1 Å². The number of H-pyrrole nitrogens is 1. The molecule has 1 aromatic heterocycles. The molecule has 78 valence electrons. The molecule has 0 bridgehead atoms. The van der Waals surface area contributed by atoms with E-state index in [1.165, 1.54) is 0 Å². The minimum atomic E-state index is -0.183. The Labute approximate surface area is 83.3 Å². The third-order valence-electron chi connectivity index (χ3n) is 1.82. The molecule has 1 heterocycles. The zero-order chi connectivity index (χ0) is 10.7. The smallest absolute Gasteiger partial charge is 0.273 e. The summed E-state index contributed by atoms with van der Waals surface area (Å²) in [5.41, 5.74) is 2.07. The Morgan fingerprint density at radius 1 is 1.50 bits per heavy atom. The molecule has 3 N–H and O–H groups in total. The average Bonchev–Trinajstić information content (AvgIpc) is 2.46. The number of carbonyl (C=O) groups is 1. The molecular formula is C9H16N4O. The van der Waals surface area contributed by atoms with Crippen LogP contribution in [0.5, 0.6) is 0 Å². The van der Waals surface area contributed by atoms with Gasteiger partial charge in [-0.15, -0.1) is 0 Å². The van der Waals surface area contributed by atoms with Gasteiger partial charge in [-0.3, -0.25) is 9.89 Å². The van der Waals surface area contributed by atoms with E-state index in [1.54, 1.807) is 7.05 Å². The molecule has 0 fully saturated rings. The van der Waals surface area contributed by atoms with Gasteiger partial charge >= 0.3 is 0 Å². The Morgan fingerprint density at radius 3 is 2.64 bits per heavy atom. The maximum atomic E-state index is 11.4. The van der Waals surface area contributed by atoms with E-state index in [4.69, 9.17) is 0 Å². The van der Waals surface area contributed by atoms with E-state index in [2.05, 4.69) is 20.8 Å². The topological polar surface area (TPSA) is 69.8 Å². The fraction of sp³-hybridized carbons (Fsp3) is 0.556. The molecule has 1 amide bonds. The van der Waals surface area contributed by atoms with Crippen molar-refractivity contribution in [3.63, 3.8) is 0 Å². The molecule has 0 aromatic carbocycles. The second-order valence-electron chi connectivity index (χ2n) is 3.45. The van der Waals surface area contributed by atoms with Crippen molar-refractivity contribution in [3.8, 4) is 0 Å². The molecule has 5 heteroatoms. The van der Waals surface area contributed by atoms with Gasteiger partial charge in [0.25, 0.3) is 5.91 Å². The van der Waals surface area contributed by atoms with Crippen LogP contribution in [0.3, 0.4) is 0 Å². The molecule has 0 atom stereocenters. The first-order chi connectivity index (χ1) is 6.56. The number of anilines is 1. The lowest BCUT2D eigenvalue weighted by molar-refractivity contribution is 0.0959. The maximum absolute atomic E-state index is 11.4. The van der Waals surface area contributed by atoms with Crippen LogP contribution in [0.2, 0.25) is 0 Å². The van der Waals surface area contributed by atoms with Crippen LogP contribution in [0.25, 0.3) is 0 Å². The van der Waals surface area contributed by atoms with Crippen molar-refractivity contribution in [1.29, 1.82) is 0 Å². The van der Waals surface area contributed by atoms with Gasteiger partial charge in [0.05, 0.1) is 11.4 Å². The summed E-state index contributed by atoms with van der Waals surface area (Å²) in [5, 5.41) is 12.5. The Kier molecular flexibility index (Phi) is 3.11. The van der Waals surface area contributed by atoms with E-state index in [0.717, 1.165) is 11.4 Å². The van der Waals surface area contributed by atoms with Gasteiger partial charge in [0.2, 0.25) is 0 Å². The highest BCUT2D eigenvalue weighted by molar-refractivity contribution is 5.98. The van der Waals surface area contributed by atoms with E-state index in [0.29, 0.717) is 5.69 Å². The van der Waals surface area contributed by atoms with Crippen molar-refractivity contribution in [2.45, 2.75) is 26.8 Å². The molecule has 0 saturated heterocycles. The molecule has 0 radical (unpaired) electrons. The Morgan fingerprint density at radius 2 is 2.14 bits per heavy atom. The highest BCUT2D eigenvalue weighted by Gasteiger charge is 2.16. The average molecular weight is 196 g/mol. The monoisotopic (exact) mass is 196 g/mol. The number of hydrogen-bond acceptors (Lipinski definition) is 3. The number of amides is 1. The van der Waals surface area contributed by atoms with Crippen molar-refractivity contribution in [1.82, 2.24) is 15.5 Å². The van der Waals surface area contributed by atoms with Gasteiger partial charge in [0.15, 0.2) is 5.69 Å². The molecule has 1 aromatic rings. The molecule has 0 aliphatic carbocycles. The minimum absolute atomic E-state index is 0.183. The molecule has 0 aliphatic rings. The lowest BCUT2D eigenvalue weighted by Crippen LogP contribution is -2.21. The van der Waals surface area contributed by atoms with Crippen LogP contribution in [-0.4, -0.2) is 29.2 Å². The van der Waals surface area contributed by atoms with Gasteiger partial charge in [0.1, 0.15) is 0 Å². The summed E-state index contributed by atoms with van der Waals surface area (Å²) in [6.07, 6.45) is 0. The van der Waals surface area contributed by atoms with Gasteiger partial charge in [-0.05, 0) is 20.8 Å². The van der Waals surface area contributed by atoms with Crippen molar-refractivity contribution in [2.75, 3.05) is 12.4 Å². The van der Waals surface area contributed by atoms with Gasteiger partial charge in [-0.2, -0.15) is 5.10 Å². The first-order valence-corrected chi connectivity index (χ1v) is 4.59. The predicted molar refractivity (Wildman–Crippen MR) is 55.5 cm³/mol.